The lowest BCUT2D eigenvalue weighted by Crippen LogP contribution is -2.27. The van der Waals surface area contributed by atoms with Gasteiger partial charge in [-0.1, -0.05) is 0 Å². The van der Waals surface area contributed by atoms with Crippen LogP contribution in [0.3, 0.4) is 0 Å². The predicted molar refractivity (Wildman–Crippen MR) is 39.6 cm³/mol. The zero-order valence-electron chi connectivity index (χ0n) is 5.59. The monoisotopic (exact) mass is 135 g/mol. The van der Waals surface area contributed by atoms with Gasteiger partial charge in [-0.05, 0) is 6.07 Å². The van der Waals surface area contributed by atoms with E-state index >= 15 is 0 Å². The van der Waals surface area contributed by atoms with Crippen molar-refractivity contribution in [3.8, 4) is 0 Å². The second kappa shape index (κ2) is 2.27. The molecule has 10 heavy (non-hydrogen) atoms. The van der Waals surface area contributed by atoms with Crippen molar-refractivity contribution in [2.75, 3.05) is 12.0 Å². The molecule has 0 spiro atoms. The van der Waals surface area contributed by atoms with Crippen molar-refractivity contribution in [3.05, 3.63) is 24.0 Å². The zero-order valence-corrected chi connectivity index (χ0v) is 5.59. The summed E-state index contributed by atoms with van der Waals surface area (Å²) in [6, 6.07) is 2.00. The Morgan fingerprint density at radius 1 is 1.50 bits per heavy atom. The molecule has 0 aromatic carbocycles. The van der Waals surface area contributed by atoms with Crippen molar-refractivity contribution in [2.45, 2.75) is 6.54 Å². The molecule has 0 amide bonds. The van der Waals surface area contributed by atoms with Crippen LogP contribution >= 0.6 is 0 Å². The van der Waals surface area contributed by atoms with E-state index in [4.69, 9.17) is 0 Å². The fraction of sp³-hybridized carbons (Fsp3) is 0.286. The predicted octanol–water partition coefficient (Wildman–Crippen LogP) is 0.554. The Morgan fingerprint density at radius 2 is 2.50 bits per heavy atom. The van der Waals surface area contributed by atoms with Crippen LogP contribution in [0.15, 0.2) is 18.5 Å². The second-order valence-electron chi connectivity index (χ2n) is 2.31. The largest absolute Gasteiger partial charge is 0.372 e. The maximum Gasteiger partial charge on any atom is 0.0655 e. The number of nitrogens with one attached hydrogen (secondary N) is 2. The summed E-state index contributed by atoms with van der Waals surface area (Å²) in [5, 5.41) is 6.40. The van der Waals surface area contributed by atoms with E-state index in [9.17, 15) is 0 Å². The lowest BCUT2D eigenvalue weighted by Gasteiger charge is -2.17. The Morgan fingerprint density at radius 3 is 3.40 bits per heavy atom. The Hall–Kier alpha value is -1.09. The van der Waals surface area contributed by atoms with E-state index in [1.165, 1.54) is 11.3 Å². The molecule has 0 unspecified atom stereocenters. The molecule has 0 bridgehead atoms. The number of rotatable bonds is 0. The molecule has 0 fully saturated rings. The standard InChI is InChI=1S/C7H9N3/c1-2-8-3-6-4-9-5-10-7(1)6/h1-3,9-10H,4-5H2. The summed E-state index contributed by atoms with van der Waals surface area (Å²) in [5.41, 5.74) is 2.45. The highest BCUT2D eigenvalue weighted by atomic mass is 15.1. The molecule has 1 aromatic heterocycles. The van der Waals surface area contributed by atoms with Gasteiger partial charge in [-0.15, -0.1) is 0 Å². The molecule has 2 heterocycles. The molecule has 1 aliphatic rings. The Bertz CT molecular complexity index is 209. The van der Waals surface area contributed by atoms with Crippen LogP contribution in [0.1, 0.15) is 5.56 Å². The molecule has 0 saturated heterocycles. The molecular formula is C7H9N3. The van der Waals surface area contributed by atoms with Gasteiger partial charge in [0.25, 0.3) is 0 Å². The van der Waals surface area contributed by atoms with Gasteiger partial charge in [0.1, 0.15) is 0 Å². The molecule has 1 aliphatic heterocycles. The van der Waals surface area contributed by atoms with E-state index in [-0.39, 0.29) is 0 Å². The van der Waals surface area contributed by atoms with E-state index in [0.717, 1.165) is 13.2 Å². The maximum atomic E-state index is 4.02. The third-order valence-electron chi connectivity index (χ3n) is 1.62. The average molecular weight is 135 g/mol. The van der Waals surface area contributed by atoms with E-state index in [1.54, 1.807) is 6.20 Å². The molecule has 3 heteroatoms. The van der Waals surface area contributed by atoms with Crippen LogP contribution in [0.4, 0.5) is 5.69 Å². The number of anilines is 1. The molecule has 3 nitrogen and oxygen atoms in total. The van der Waals surface area contributed by atoms with Crippen molar-refractivity contribution in [1.82, 2.24) is 10.3 Å². The molecule has 0 radical (unpaired) electrons. The molecule has 2 N–H and O–H groups in total. The van der Waals surface area contributed by atoms with Crippen molar-refractivity contribution < 1.29 is 0 Å². The maximum absolute atomic E-state index is 4.02. The molecule has 2 rings (SSSR count). The van der Waals surface area contributed by atoms with Crippen LogP contribution in [-0.4, -0.2) is 11.7 Å². The van der Waals surface area contributed by atoms with Crippen LogP contribution in [0.2, 0.25) is 0 Å². The molecular weight excluding hydrogens is 126 g/mol. The molecule has 52 valence electrons. The molecule has 0 atom stereocenters. The lowest BCUT2D eigenvalue weighted by atomic mass is 10.2. The van der Waals surface area contributed by atoms with Gasteiger partial charge in [0.2, 0.25) is 0 Å². The third-order valence-corrected chi connectivity index (χ3v) is 1.62. The third kappa shape index (κ3) is 0.844. The van der Waals surface area contributed by atoms with E-state index in [1.807, 2.05) is 12.3 Å². The van der Waals surface area contributed by atoms with Crippen molar-refractivity contribution in [2.24, 2.45) is 0 Å². The van der Waals surface area contributed by atoms with Crippen LogP contribution < -0.4 is 10.6 Å². The Labute approximate surface area is 59.5 Å². The summed E-state index contributed by atoms with van der Waals surface area (Å²) < 4.78 is 0. The molecule has 1 aromatic rings. The average Bonchev–Trinajstić information content (AvgIpc) is 2.05. The zero-order chi connectivity index (χ0) is 6.81. The second-order valence-corrected chi connectivity index (χ2v) is 2.31. The van der Waals surface area contributed by atoms with Crippen LogP contribution in [0.25, 0.3) is 0 Å². The van der Waals surface area contributed by atoms with Gasteiger partial charge in [0, 0.05) is 30.2 Å². The summed E-state index contributed by atoms with van der Waals surface area (Å²) >= 11 is 0. The van der Waals surface area contributed by atoms with Crippen LogP contribution in [0.5, 0.6) is 0 Å². The minimum atomic E-state index is 0.858. The number of hydrogen-bond acceptors (Lipinski definition) is 3. The quantitative estimate of drug-likeness (QED) is 0.545. The van der Waals surface area contributed by atoms with Crippen molar-refractivity contribution in [3.63, 3.8) is 0 Å². The van der Waals surface area contributed by atoms with Gasteiger partial charge in [0.05, 0.1) is 6.67 Å². The number of hydrogen-bond donors (Lipinski definition) is 2. The lowest BCUT2D eigenvalue weighted by molar-refractivity contribution is 0.706. The topological polar surface area (TPSA) is 37.0 Å². The van der Waals surface area contributed by atoms with E-state index in [0.29, 0.717) is 0 Å². The fourth-order valence-electron chi connectivity index (χ4n) is 1.10. The number of nitrogens with zero attached hydrogens (tertiary/aromatic N) is 1. The highest BCUT2D eigenvalue weighted by molar-refractivity contribution is 5.50. The van der Waals surface area contributed by atoms with Gasteiger partial charge in [-0.3, -0.25) is 10.3 Å². The molecule has 0 aliphatic carbocycles. The minimum Gasteiger partial charge on any atom is -0.372 e. The first kappa shape index (κ1) is 5.68. The highest BCUT2D eigenvalue weighted by Gasteiger charge is 2.04. The van der Waals surface area contributed by atoms with Gasteiger partial charge in [0.15, 0.2) is 0 Å². The van der Waals surface area contributed by atoms with Gasteiger partial charge >= 0.3 is 0 Å². The fourth-order valence-corrected chi connectivity index (χ4v) is 1.10. The van der Waals surface area contributed by atoms with Gasteiger partial charge < -0.3 is 5.32 Å². The number of fused-ring (bicyclic) bond motifs is 1. The Kier molecular flexibility index (Phi) is 1.29. The SMILES string of the molecule is c1cc2c(cn1)CNCN2. The first-order valence-electron chi connectivity index (χ1n) is 3.34. The summed E-state index contributed by atoms with van der Waals surface area (Å²) in [5.74, 6) is 0. The smallest absolute Gasteiger partial charge is 0.0655 e. The molecule has 0 saturated carbocycles. The summed E-state index contributed by atoms with van der Waals surface area (Å²) in [6.45, 7) is 1.78. The summed E-state index contributed by atoms with van der Waals surface area (Å²) in [6.07, 6.45) is 3.69. The van der Waals surface area contributed by atoms with Crippen molar-refractivity contribution >= 4 is 5.69 Å². The first-order chi connectivity index (χ1) is 4.97. The minimum absolute atomic E-state index is 0.858. The van der Waals surface area contributed by atoms with E-state index in [2.05, 4.69) is 15.6 Å². The van der Waals surface area contributed by atoms with Crippen LogP contribution in [-0.2, 0) is 6.54 Å². The summed E-state index contributed by atoms with van der Waals surface area (Å²) in [7, 11) is 0. The first-order valence-corrected chi connectivity index (χ1v) is 3.34. The van der Waals surface area contributed by atoms with Crippen LogP contribution in [0, 0.1) is 0 Å². The van der Waals surface area contributed by atoms with E-state index < -0.39 is 0 Å². The highest BCUT2D eigenvalue weighted by Crippen LogP contribution is 2.14. The Balaban J connectivity index is 2.41. The van der Waals surface area contributed by atoms with Crippen molar-refractivity contribution in [1.29, 1.82) is 0 Å². The van der Waals surface area contributed by atoms with Gasteiger partial charge in [-0.25, -0.2) is 0 Å². The normalized spacial score (nSPS) is 15.6. The number of aromatic nitrogens is 1. The number of pyridine rings is 1. The summed E-state index contributed by atoms with van der Waals surface area (Å²) in [4.78, 5) is 4.02. The van der Waals surface area contributed by atoms with Gasteiger partial charge in [-0.2, -0.15) is 0 Å².